The Hall–Kier alpha value is -0.230. The van der Waals surface area contributed by atoms with E-state index in [1.807, 2.05) is 0 Å². The highest BCUT2D eigenvalue weighted by Crippen LogP contribution is 2.15. The zero-order chi connectivity index (χ0) is 15.6. The number of hydrogen-bond acceptors (Lipinski definition) is 0. The Morgan fingerprint density at radius 2 is 1.29 bits per heavy atom. The van der Waals surface area contributed by atoms with Gasteiger partial charge in [-0.3, -0.25) is 0 Å². The van der Waals surface area contributed by atoms with Crippen molar-refractivity contribution in [2.45, 2.75) is 103 Å². The van der Waals surface area contributed by atoms with Crippen molar-refractivity contribution in [1.29, 1.82) is 0 Å². The third-order valence-corrected chi connectivity index (χ3v) is 4.27. The van der Waals surface area contributed by atoms with Gasteiger partial charge in [-0.15, -0.1) is 11.6 Å². The lowest BCUT2D eigenvalue weighted by molar-refractivity contribution is 0.559. The van der Waals surface area contributed by atoms with Gasteiger partial charge in [0.15, 0.2) is 0 Å². The first-order valence-electron chi connectivity index (χ1n) is 9.27. The zero-order valence-corrected chi connectivity index (χ0v) is 15.2. The first-order valence-corrected chi connectivity index (χ1v) is 9.70. The number of alkyl halides is 1. The number of rotatable bonds is 15. The second-order valence-corrected chi connectivity index (χ2v) is 6.71. The lowest BCUT2D eigenvalue weighted by Gasteiger charge is -2.06. The van der Waals surface area contributed by atoms with Crippen LogP contribution < -0.4 is 0 Å². The first-order chi connectivity index (χ1) is 10.3. The fourth-order valence-electron chi connectivity index (χ4n) is 2.42. The van der Waals surface area contributed by atoms with Gasteiger partial charge >= 0.3 is 0 Å². The lowest BCUT2D eigenvalue weighted by Crippen LogP contribution is -1.96. The van der Waals surface area contributed by atoms with E-state index in [4.69, 9.17) is 11.6 Å². The van der Waals surface area contributed by atoms with Gasteiger partial charge in [-0.2, -0.15) is 0 Å². The molecular formula is C20H37Cl. The van der Waals surface area contributed by atoms with Gasteiger partial charge in [-0.25, -0.2) is 0 Å². The molecule has 0 aromatic heterocycles. The maximum atomic E-state index is 6.35. The van der Waals surface area contributed by atoms with Crippen molar-refractivity contribution >= 4 is 11.6 Å². The third-order valence-electron chi connectivity index (χ3n) is 3.87. The fourth-order valence-corrected chi connectivity index (χ4v) is 2.68. The summed E-state index contributed by atoms with van der Waals surface area (Å²) in [6, 6.07) is 0. The van der Waals surface area contributed by atoms with Crippen molar-refractivity contribution in [2.75, 3.05) is 0 Å². The summed E-state index contributed by atoms with van der Waals surface area (Å²) in [5.74, 6) is 0. The van der Waals surface area contributed by atoms with E-state index in [0.29, 0.717) is 5.38 Å². The molecule has 1 heteroatoms. The van der Waals surface area contributed by atoms with Crippen molar-refractivity contribution in [3.05, 3.63) is 24.3 Å². The molecule has 0 saturated heterocycles. The average Bonchev–Trinajstić information content (AvgIpc) is 2.49. The molecule has 0 saturated carbocycles. The molecule has 0 aliphatic carbocycles. The quantitative estimate of drug-likeness (QED) is 0.164. The summed E-state index contributed by atoms with van der Waals surface area (Å²) < 4.78 is 0. The summed E-state index contributed by atoms with van der Waals surface area (Å²) in [6.07, 6.45) is 25.8. The van der Waals surface area contributed by atoms with Crippen molar-refractivity contribution in [3.63, 3.8) is 0 Å². The molecule has 21 heavy (non-hydrogen) atoms. The van der Waals surface area contributed by atoms with Crippen LogP contribution in [0, 0.1) is 0 Å². The van der Waals surface area contributed by atoms with Crippen LogP contribution in [0.15, 0.2) is 24.3 Å². The molecule has 0 amide bonds. The van der Waals surface area contributed by atoms with E-state index in [1.165, 1.54) is 77.0 Å². The van der Waals surface area contributed by atoms with E-state index in [-0.39, 0.29) is 0 Å². The topological polar surface area (TPSA) is 0 Å². The molecule has 0 spiro atoms. The van der Waals surface area contributed by atoms with Gasteiger partial charge in [0.1, 0.15) is 0 Å². The Labute approximate surface area is 139 Å². The van der Waals surface area contributed by atoms with E-state index in [2.05, 4.69) is 38.2 Å². The largest absolute Gasteiger partial charge is 0.123 e. The Kier molecular flexibility index (Phi) is 17.6. The number of allylic oxidation sites excluding steroid dienone is 4. The van der Waals surface area contributed by atoms with Crippen LogP contribution in [0.1, 0.15) is 97.3 Å². The number of hydrogen-bond donors (Lipinski definition) is 0. The zero-order valence-electron chi connectivity index (χ0n) is 14.5. The Morgan fingerprint density at radius 1 is 0.714 bits per heavy atom. The summed E-state index contributed by atoms with van der Waals surface area (Å²) in [6.45, 7) is 4.50. The summed E-state index contributed by atoms with van der Waals surface area (Å²) in [7, 11) is 0. The molecule has 1 atom stereocenters. The number of unbranched alkanes of at least 4 members (excludes halogenated alkanes) is 9. The molecular weight excluding hydrogens is 276 g/mol. The molecule has 0 nitrogen and oxygen atoms in total. The predicted octanol–water partition coefficient (Wildman–Crippen LogP) is 7.82. The van der Waals surface area contributed by atoms with Crippen LogP contribution >= 0.6 is 11.6 Å². The predicted molar refractivity (Wildman–Crippen MR) is 99.3 cm³/mol. The summed E-state index contributed by atoms with van der Waals surface area (Å²) in [5, 5.41) is 0.324. The molecule has 0 bridgehead atoms. The average molecular weight is 313 g/mol. The molecule has 1 unspecified atom stereocenters. The van der Waals surface area contributed by atoms with Crippen molar-refractivity contribution in [2.24, 2.45) is 0 Å². The Bertz CT molecular complexity index is 242. The minimum atomic E-state index is 0.324. The summed E-state index contributed by atoms with van der Waals surface area (Å²) in [4.78, 5) is 0. The van der Waals surface area contributed by atoms with Crippen LogP contribution in [0.3, 0.4) is 0 Å². The molecule has 0 fully saturated rings. The SMILES string of the molecule is CCCC/C=C\C=C\CC(Cl)CCCCCCCCCC. The van der Waals surface area contributed by atoms with Gasteiger partial charge in [0.2, 0.25) is 0 Å². The number of halogens is 1. The highest BCUT2D eigenvalue weighted by Gasteiger charge is 2.01. The minimum Gasteiger partial charge on any atom is -0.123 e. The van der Waals surface area contributed by atoms with E-state index in [9.17, 15) is 0 Å². The second-order valence-electron chi connectivity index (χ2n) is 6.10. The summed E-state index contributed by atoms with van der Waals surface area (Å²) >= 11 is 6.35. The fraction of sp³-hybridized carbons (Fsp3) is 0.800. The van der Waals surface area contributed by atoms with Gasteiger partial charge in [0.25, 0.3) is 0 Å². The van der Waals surface area contributed by atoms with Gasteiger partial charge in [0.05, 0.1) is 0 Å². The summed E-state index contributed by atoms with van der Waals surface area (Å²) in [5.41, 5.74) is 0. The maximum absolute atomic E-state index is 6.35. The van der Waals surface area contributed by atoms with Gasteiger partial charge in [0, 0.05) is 5.38 Å². The van der Waals surface area contributed by atoms with Crippen LogP contribution in [0.25, 0.3) is 0 Å². The van der Waals surface area contributed by atoms with E-state index in [0.717, 1.165) is 6.42 Å². The van der Waals surface area contributed by atoms with Crippen LogP contribution in [-0.2, 0) is 0 Å². The van der Waals surface area contributed by atoms with Gasteiger partial charge < -0.3 is 0 Å². The lowest BCUT2D eigenvalue weighted by atomic mass is 10.1. The molecule has 124 valence electrons. The first kappa shape index (κ1) is 20.8. The monoisotopic (exact) mass is 312 g/mol. The maximum Gasteiger partial charge on any atom is 0.0370 e. The highest BCUT2D eigenvalue weighted by atomic mass is 35.5. The van der Waals surface area contributed by atoms with Crippen LogP contribution in [0.4, 0.5) is 0 Å². The van der Waals surface area contributed by atoms with E-state index < -0.39 is 0 Å². The van der Waals surface area contributed by atoms with Crippen LogP contribution in [0.2, 0.25) is 0 Å². The normalized spacial score (nSPS) is 13.5. The van der Waals surface area contributed by atoms with E-state index in [1.54, 1.807) is 0 Å². The molecule has 0 heterocycles. The van der Waals surface area contributed by atoms with Crippen molar-refractivity contribution in [1.82, 2.24) is 0 Å². The van der Waals surface area contributed by atoms with Crippen molar-refractivity contribution < 1.29 is 0 Å². The van der Waals surface area contributed by atoms with Crippen LogP contribution in [-0.4, -0.2) is 5.38 Å². The molecule has 0 aromatic carbocycles. The van der Waals surface area contributed by atoms with E-state index >= 15 is 0 Å². The van der Waals surface area contributed by atoms with Gasteiger partial charge in [-0.05, 0) is 19.3 Å². The van der Waals surface area contributed by atoms with Crippen molar-refractivity contribution in [3.8, 4) is 0 Å². The Balaban J connectivity index is 3.31. The Morgan fingerprint density at radius 3 is 1.95 bits per heavy atom. The van der Waals surface area contributed by atoms with Crippen LogP contribution in [0.5, 0.6) is 0 Å². The molecule has 0 aromatic rings. The molecule has 0 aliphatic rings. The highest BCUT2D eigenvalue weighted by molar-refractivity contribution is 6.20. The molecule has 0 aliphatic heterocycles. The smallest absolute Gasteiger partial charge is 0.0370 e. The van der Waals surface area contributed by atoms with Gasteiger partial charge in [-0.1, -0.05) is 102 Å². The minimum absolute atomic E-state index is 0.324. The molecule has 0 radical (unpaired) electrons. The standard InChI is InChI=1S/C20H37Cl/c1-3-5-7-9-11-13-15-17-19-20(21)18-16-14-12-10-8-6-4-2/h10,12,14,16,20H,3-9,11,13,15,17-19H2,1-2H3/b12-10-,16-14+. The molecule has 0 N–H and O–H groups in total. The third kappa shape index (κ3) is 17.7. The molecule has 0 rings (SSSR count). The second kappa shape index (κ2) is 17.8.